The molecule has 0 aliphatic rings. The third kappa shape index (κ3) is 4.75. The minimum atomic E-state index is -0.108. The molecule has 1 aromatic carbocycles. The van der Waals surface area contributed by atoms with E-state index in [1.165, 1.54) is 11.3 Å². The van der Waals surface area contributed by atoms with Crippen molar-refractivity contribution >= 4 is 5.69 Å². The smallest absolute Gasteiger partial charge is 0.0746 e. The van der Waals surface area contributed by atoms with Gasteiger partial charge in [0.05, 0.1) is 5.60 Å². The highest BCUT2D eigenvalue weighted by Crippen LogP contribution is 2.12. The lowest BCUT2D eigenvalue weighted by molar-refractivity contribution is 0.0231. The first-order chi connectivity index (χ1) is 7.94. The Bertz CT molecular complexity index is 331. The molecular weight excluding hydrogens is 212 g/mol. The molecule has 3 nitrogen and oxygen atoms in total. The predicted octanol–water partition coefficient (Wildman–Crippen LogP) is 2.27. The van der Waals surface area contributed by atoms with Gasteiger partial charge in [0, 0.05) is 40.0 Å². The van der Waals surface area contributed by atoms with Crippen molar-refractivity contribution in [1.29, 1.82) is 0 Å². The maximum Gasteiger partial charge on any atom is 0.0746 e. The zero-order chi connectivity index (χ0) is 12.9. The van der Waals surface area contributed by atoms with E-state index >= 15 is 0 Å². The summed E-state index contributed by atoms with van der Waals surface area (Å²) in [5.74, 6) is 0. The monoisotopic (exact) mass is 236 g/mol. The number of ether oxygens (including phenoxy) is 1. The summed E-state index contributed by atoms with van der Waals surface area (Å²) in [5.41, 5.74) is 2.41. The molecule has 0 saturated heterocycles. The minimum absolute atomic E-state index is 0.108. The third-order valence-electron chi connectivity index (χ3n) is 2.89. The first kappa shape index (κ1) is 14.0. The van der Waals surface area contributed by atoms with Crippen molar-refractivity contribution in [2.75, 3.05) is 32.6 Å². The van der Waals surface area contributed by atoms with Crippen LogP contribution in [-0.4, -0.2) is 33.4 Å². The zero-order valence-corrected chi connectivity index (χ0v) is 11.6. The summed E-state index contributed by atoms with van der Waals surface area (Å²) in [4.78, 5) is 2.10. The van der Waals surface area contributed by atoms with E-state index in [2.05, 4.69) is 48.3 Å². The van der Waals surface area contributed by atoms with Crippen LogP contribution in [0.5, 0.6) is 0 Å². The molecular formula is C14H24N2O. The molecule has 0 fully saturated rings. The maximum atomic E-state index is 5.36. The van der Waals surface area contributed by atoms with Gasteiger partial charge >= 0.3 is 0 Å². The molecule has 17 heavy (non-hydrogen) atoms. The van der Waals surface area contributed by atoms with Gasteiger partial charge in [0.15, 0.2) is 0 Å². The largest absolute Gasteiger partial charge is 0.378 e. The number of nitrogens with one attached hydrogen (secondary N) is 1. The Morgan fingerprint density at radius 3 is 2.24 bits per heavy atom. The normalized spacial score (nSPS) is 11.6. The van der Waals surface area contributed by atoms with Crippen molar-refractivity contribution in [2.45, 2.75) is 26.0 Å². The molecule has 0 radical (unpaired) electrons. The van der Waals surface area contributed by atoms with Crippen LogP contribution in [0.4, 0.5) is 5.69 Å². The minimum Gasteiger partial charge on any atom is -0.378 e. The van der Waals surface area contributed by atoms with Gasteiger partial charge in [-0.3, -0.25) is 0 Å². The Kier molecular flexibility index (Phi) is 4.97. The van der Waals surface area contributed by atoms with Gasteiger partial charge < -0.3 is 15.0 Å². The Labute approximate surface area is 105 Å². The lowest BCUT2D eigenvalue weighted by Gasteiger charge is -2.23. The van der Waals surface area contributed by atoms with Crippen LogP contribution in [0, 0.1) is 0 Å². The highest BCUT2D eigenvalue weighted by Gasteiger charge is 2.14. The van der Waals surface area contributed by atoms with E-state index in [0.717, 1.165) is 13.1 Å². The summed E-state index contributed by atoms with van der Waals surface area (Å²) in [6.07, 6.45) is 0. The van der Waals surface area contributed by atoms with Crippen LogP contribution >= 0.6 is 0 Å². The van der Waals surface area contributed by atoms with Gasteiger partial charge in [-0.1, -0.05) is 12.1 Å². The van der Waals surface area contributed by atoms with Crippen LogP contribution in [0.3, 0.4) is 0 Å². The molecule has 0 aliphatic carbocycles. The molecule has 3 heteroatoms. The van der Waals surface area contributed by atoms with Crippen LogP contribution in [0.15, 0.2) is 24.3 Å². The van der Waals surface area contributed by atoms with Crippen molar-refractivity contribution < 1.29 is 4.74 Å². The molecule has 96 valence electrons. The van der Waals surface area contributed by atoms with E-state index in [4.69, 9.17) is 4.74 Å². The fourth-order valence-corrected chi connectivity index (χ4v) is 1.49. The first-order valence-corrected chi connectivity index (χ1v) is 5.97. The van der Waals surface area contributed by atoms with E-state index in [1.54, 1.807) is 7.11 Å². The van der Waals surface area contributed by atoms with Gasteiger partial charge in [-0.15, -0.1) is 0 Å². The molecule has 0 bridgehead atoms. The molecule has 0 saturated carbocycles. The van der Waals surface area contributed by atoms with Crippen molar-refractivity contribution in [3.05, 3.63) is 29.8 Å². The fraction of sp³-hybridized carbons (Fsp3) is 0.571. The molecule has 1 N–H and O–H groups in total. The summed E-state index contributed by atoms with van der Waals surface area (Å²) in [6, 6.07) is 8.58. The van der Waals surface area contributed by atoms with Crippen LogP contribution in [0.25, 0.3) is 0 Å². The summed E-state index contributed by atoms with van der Waals surface area (Å²) >= 11 is 0. The lowest BCUT2D eigenvalue weighted by atomic mass is 10.1. The molecule has 0 heterocycles. The molecule has 1 rings (SSSR count). The Morgan fingerprint density at radius 2 is 1.76 bits per heavy atom. The van der Waals surface area contributed by atoms with Gasteiger partial charge in [-0.2, -0.15) is 0 Å². The number of rotatable bonds is 6. The van der Waals surface area contributed by atoms with Gasteiger partial charge in [-0.25, -0.2) is 0 Å². The Hall–Kier alpha value is -1.06. The molecule has 0 aromatic heterocycles. The standard InChI is InChI=1S/C14H24N2O/c1-14(2,17-5)11-15-10-12-6-8-13(9-7-12)16(3)4/h6-9,15H,10-11H2,1-5H3. The molecule has 0 amide bonds. The second-order valence-corrected chi connectivity index (χ2v) is 5.13. The van der Waals surface area contributed by atoms with Crippen LogP contribution in [0.2, 0.25) is 0 Å². The number of hydrogen-bond donors (Lipinski definition) is 1. The third-order valence-corrected chi connectivity index (χ3v) is 2.89. The number of benzene rings is 1. The van der Waals surface area contributed by atoms with Gasteiger partial charge in [-0.05, 0) is 31.5 Å². The summed E-state index contributed by atoms with van der Waals surface area (Å²) in [7, 11) is 5.84. The molecule has 1 aromatic rings. The topological polar surface area (TPSA) is 24.5 Å². The highest BCUT2D eigenvalue weighted by atomic mass is 16.5. The van der Waals surface area contributed by atoms with E-state index in [9.17, 15) is 0 Å². The predicted molar refractivity (Wildman–Crippen MR) is 73.6 cm³/mol. The SMILES string of the molecule is COC(C)(C)CNCc1ccc(N(C)C)cc1. The van der Waals surface area contributed by atoms with Crippen molar-refractivity contribution in [3.63, 3.8) is 0 Å². The van der Waals surface area contributed by atoms with Crippen LogP contribution in [-0.2, 0) is 11.3 Å². The number of hydrogen-bond acceptors (Lipinski definition) is 3. The maximum absolute atomic E-state index is 5.36. The van der Waals surface area contributed by atoms with E-state index in [-0.39, 0.29) is 5.60 Å². The number of anilines is 1. The molecule has 0 aliphatic heterocycles. The number of nitrogens with zero attached hydrogens (tertiary/aromatic N) is 1. The summed E-state index contributed by atoms with van der Waals surface area (Å²) in [6.45, 7) is 5.88. The number of methoxy groups -OCH3 is 1. The van der Waals surface area contributed by atoms with E-state index in [0.29, 0.717) is 0 Å². The first-order valence-electron chi connectivity index (χ1n) is 5.97. The average Bonchev–Trinajstić information content (AvgIpc) is 2.29. The van der Waals surface area contributed by atoms with Crippen molar-refractivity contribution in [3.8, 4) is 0 Å². The quantitative estimate of drug-likeness (QED) is 0.820. The zero-order valence-electron chi connectivity index (χ0n) is 11.6. The van der Waals surface area contributed by atoms with E-state index in [1.807, 2.05) is 14.1 Å². The molecule has 0 atom stereocenters. The van der Waals surface area contributed by atoms with E-state index < -0.39 is 0 Å². The summed E-state index contributed by atoms with van der Waals surface area (Å²) < 4.78 is 5.36. The second-order valence-electron chi connectivity index (χ2n) is 5.13. The second kappa shape index (κ2) is 6.03. The molecule has 0 spiro atoms. The molecule has 0 unspecified atom stereocenters. The van der Waals surface area contributed by atoms with Gasteiger partial charge in [0.2, 0.25) is 0 Å². The van der Waals surface area contributed by atoms with Crippen LogP contribution in [0.1, 0.15) is 19.4 Å². The summed E-state index contributed by atoms with van der Waals surface area (Å²) in [5, 5.41) is 3.40. The Balaban J connectivity index is 2.42. The fourth-order valence-electron chi connectivity index (χ4n) is 1.49. The van der Waals surface area contributed by atoms with Crippen molar-refractivity contribution in [2.24, 2.45) is 0 Å². The van der Waals surface area contributed by atoms with Crippen LogP contribution < -0.4 is 10.2 Å². The highest BCUT2D eigenvalue weighted by molar-refractivity contribution is 5.45. The van der Waals surface area contributed by atoms with Crippen molar-refractivity contribution in [1.82, 2.24) is 5.32 Å². The van der Waals surface area contributed by atoms with Gasteiger partial charge in [0.1, 0.15) is 0 Å². The average molecular weight is 236 g/mol. The van der Waals surface area contributed by atoms with Gasteiger partial charge in [0.25, 0.3) is 0 Å². The Morgan fingerprint density at radius 1 is 1.18 bits per heavy atom. The lowest BCUT2D eigenvalue weighted by Crippen LogP contribution is -2.36.